The van der Waals surface area contributed by atoms with Gasteiger partial charge in [0.05, 0.1) is 7.11 Å². The molecule has 5 nitrogen and oxygen atoms in total. The van der Waals surface area contributed by atoms with Crippen LogP contribution in [-0.2, 0) is 0 Å². The van der Waals surface area contributed by atoms with Crippen LogP contribution in [-0.4, -0.2) is 56.0 Å². The molecule has 0 saturated carbocycles. The Hall–Kier alpha value is -2.01. The van der Waals surface area contributed by atoms with Crippen LogP contribution in [0.4, 0.5) is 0 Å². The molecule has 3 heterocycles. The number of ether oxygens (including phenoxy) is 1. The number of hydrogen-bond acceptors (Lipinski definition) is 4. The SMILES string of the molecule is COc1ccc2oc(C(=O)N3CCC4(CCCN(C)C4)C3)c(C)c2c1. The fourth-order valence-corrected chi connectivity index (χ4v) is 4.57. The molecular formula is C20H26N2O3. The third-order valence-corrected chi connectivity index (χ3v) is 5.92. The molecule has 2 saturated heterocycles. The van der Waals surface area contributed by atoms with Crippen molar-refractivity contribution in [3.05, 3.63) is 29.5 Å². The largest absolute Gasteiger partial charge is 0.497 e. The lowest BCUT2D eigenvalue weighted by Crippen LogP contribution is -2.43. The van der Waals surface area contributed by atoms with Crippen LogP contribution in [0.3, 0.4) is 0 Å². The molecule has 1 spiro atoms. The van der Waals surface area contributed by atoms with Gasteiger partial charge in [0.1, 0.15) is 11.3 Å². The Morgan fingerprint density at radius 1 is 1.24 bits per heavy atom. The number of fused-ring (bicyclic) bond motifs is 1. The molecule has 1 unspecified atom stereocenters. The number of amides is 1. The monoisotopic (exact) mass is 342 g/mol. The highest BCUT2D eigenvalue weighted by atomic mass is 16.5. The maximum absolute atomic E-state index is 13.1. The molecule has 2 aliphatic heterocycles. The lowest BCUT2D eigenvalue weighted by Gasteiger charge is -2.38. The average Bonchev–Trinajstić information content (AvgIpc) is 3.16. The number of carbonyl (C=O) groups excluding carboxylic acids is 1. The molecule has 1 aromatic heterocycles. The second-order valence-electron chi connectivity index (χ2n) is 7.74. The second kappa shape index (κ2) is 6.06. The molecule has 134 valence electrons. The molecule has 25 heavy (non-hydrogen) atoms. The summed E-state index contributed by atoms with van der Waals surface area (Å²) in [6.45, 7) is 5.88. The minimum atomic E-state index is 0.0257. The van der Waals surface area contributed by atoms with Crippen molar-refractivity contribution in [1.82, 2.24) is 9.80 Å². The van der Waals surface area contributed by atoms with Gasteiger partial charge in [0.2, 0.25) is 0 Å². The first-order chi connectivity index (χ1) is 12.0. The Bertz CT molecular complexity index is 813. The number of hydrogen-bond donors (Lipinski definition) is 0. The van der Waals surface area contributed by atoms with E-state index in [0.717, 1.165) is 48.3 Å². The predicted octanol–water partition coefficient (Wildman–Crippen LogP) is 3.31. The molecule has 1 amide bonds. The van der Waals surface area contributed by atoms with Crippen molar-refractivity contribution in [2.24, 2.45) is 5.41 Å². The zero-order chi connectivity index (χ0) is 17.6. The molecule has 2 aliphatic rings. The van der Waals surface area contributed by atoms with E-state index in [0.29, 0.717) is 5.76 Å². The zero-order valence-electron chi connectivity index (χ0n) is 15.3. The van der Waals surface area contributed by atoms with Crippen LogP contribution >= 0.6 is 0 Å². The van der Waals surface area contributed by atoms with Gasteiger partial charge < -0.3 is 19.0 Å². The minimum absolute atomic E-state index is 0.0257. The summed E-state index contributed by atoms with van der Waals surface area (Å²) in [5.41, 5.74) is 1.92. The number of piperidine rings is 1. The molecule has 1 atom stereocenters. The summed E-state index contributed by atoms with van der Waals surface area (Å²) in [5, 5.41) is 0.953. The van der Waals surface area contributed by atoms with Gasteiger partial charge >= 0.3 is 0 Å². The molecule has 5 heteroatoms. The molecule has 0 radical (unpaired) electrons. The van der Waals surface area contributed by atoms with Gasteiger partial charge in [-0.1, -0.05) is 0 Å². The summed E-state index contributed by atoms with van der Waals surface area (Å²) in [5.74, 6) is 1.28. The Morgan fingerprint density at radius 3 is 2.84 bits per heavy atom. The van der Waals surface area contributed by atoms with E-state index in [4.69, 9.17) is 9.15 Å². The molecular weight excluding hydrogens is 316 g/mol. The fraction of sp³-hybridized carbons (Fsp3) is 0.550. The number of furan rings is 1. The second-order valence-corrected chi connectivity index (χ2v) is 7.74. The summed E-state index contributed by atoms with van der Waals surface area (Å²) >= 11 is 0. The Kier molecular flexibility index (Phi) is 3.99. The molecule has 2 aromatic rings. The van der Waals surface area contributed by atoms with Gasteiger partial charge in [-0.25, -0.2) is 0 Å². The van der Waals surface area contributed by atoms with Crippen molar-refractivity contribution in [1.29, 1.82) is 0 Å². The maximum atomic E-state index is 13.1. The summed E-state index contributed by atoms with van der Waals surface area (Å²) in [4.78, 5) is 17.5. The van der Waals surface area contributed by atoms with E-state index >= 15 is 0 Å². The number of aryl methyl sites for hydroxylation is 1. The molecule has 4 rings (SSSR count). The summed E-state index contributed by atoms with van der Waals surface area (Å²) < 4.78 is 11.2. The number of rotatable bonds is 2. The van der Waals surface area contributed by atoms with Gasteiger partial charge in [-0.3, -0.25) is 4.79 Å². The number of benzene rings is 1. The van der Waals surface area contributed by atoms with Gasteiger partial charge in [-0.15, -0.1) is 0 Å². The number of nitrogens with zero attached hydrogens (tertiary/aromatic N) is 2. The Morgan fingerprint density at radius 2 is 2.08 bits per heavy atom. The maximum Gasteiger partial charge on any atom is 0.289 e. The molecule has 2 fully saturated rings. The first-order valence-electron chi connectivity index (χ1n) is 9.06. The average molecular weight is 342 g/mol. The topological polar surface area (TPSA) is 45.9 Å². The van der Waals surface area contributed by atoms with Crippen LogP contribution in [0.25, 0.3) is 11.0 Å². The third kappa shape index (κ3) is 2.80. The number of methoxy groups -OCH3 is 1. The first kappa shape index (κ1) is 16.5. The van der Waals surface area contributed by atoms with Gasteiger partial charge in [-0.05, 0) is 58.0 Å². The predicted molar refractivity (Wildman–Crippen MR) is 97.2 cm³/mol. The van der Waals surface area contributed by atoms with Crippen LogP contribution < -0.4 is 4.74 Å². The quantitative estimate of drug-likeness (QED) is 0.840. The van der Waals surface area contributed by atoms with Crippen molar-refractivity contribution in [3.8, 4) is 5.75 Å². The van der Waals surface area contributed by atoms with Crippen LogP contribution in [0, 0.1) is 12.3 Å². The van der Waals surface area contributed by atoms with Gasteiger partial charge in [-0.2, -0.15) is 0 Å². The Labute approximate surface area is 148 Å². The van der Waals surface area contributed by atoms with Crippen molar-refractivity contribution in [2.45, 2.75) is 26.2 Å². The van der Waals surface area contributed by atoms with Crippen LogP contribution in [0.2, 0.25) is 0 Å². The van der Waals surface area contributed by atoms with E-state index in [1.54, 1.807) is 7.11 Å². The Balaban J connectivity index is 1.59. The lowest BCUT2D eigenvalue weighted by molar-refractivity contribution is 0.0695. The summed E-state index contributed by atoms with van der Waals surface area (Å²) in [6.07, 6.45) is 3.54. The van der Waals surface area contributed by atoms with E-state index in [1.807, 2.05) is 30.0 Å². The van der Waals surface area contributed by atoms with Crippen molar-refractivity contribution in [2.75, 3.05) is 40.3 Å². The fourth-order valence-electron chi connectivity index (χ4n) is 4.57. The zero-order valence-corrected chi connectivity index (χ0v) is 15.3. The lowest BCUT2D eigenvalue weighted by atomic mass is 9.79. The standard InChI is InChI=1S/C20H26N2O3/c1-14-16-11-15(24-3)5-6-17(16)25-18(14)19(23)22-10-8-20(13-22)7-4-9-21(2)12-20/h5-6,11H,4,7-10,12-13H2,1-3H3. The normalized spacial score (nSPS) is 24.4. The van der Waals surface area contributed by atoms with Crippen molar-refractivity contribution in [3.63, 3.8) is 0 Å². The highest BCUT2D eigenvalue weighted by molar-refractivity contribution is 5.99. The number of likely N-dealkylation sites (tertiary alicyclic amines) is 2. The van der Waals surface area contributed by atoms with Crippen molar-refractivity contribution < 1.29 is 13.9 Å². The van der Waals surface area contributed by atoms with E-state index in [-0.39, 0.29) is 11.3 Å². The summed E-state index contributed by atoms with van der Waals surface area (Å²) in [6, 6.07) is 5.67. The first-order valence-corrected chi connectivity index (χ1v) is 9.06. The van der Waals surface area contributed by atoms with Crippen LogP contribution in [0.5, 0.6) is 5.75 Å². The van der Waals surface area contributed by atoms with E-state index < -0.39 is 0 Å². The molecule has 0 aliphatic carbocycles. The van der Waals surface area contributed by atoms with E-state index in [2.05, 4.69) is 11.9 Å². The van der Waals surface area contributed by atoms with Gasteiger partial charge in [0, 0.05) is 36.0 Å². The van der Waals surface area contributed by atoms with Crippen molar-refractivity contribution >= 4 is 16.9 Å². The highest BCUT2D eigenvalue weighted by Crippen LogP contribution is 2.39. The number of carbonyl (C=O) groups is 1. The van der Waals surface area contributed by atoms with Gasteiger partial charge in [0.25, 0.3) is 5.91 Å². The summed E-state index contributed by atoms with van der Waals surface area (Å²) in [7, 11) is 3.83. The molecule has 0 N–H and O–H groups in total. The van der Waals surface area contributed by atoms with Crippen LogP contribution in [0.15, 0.2) is 22.6 Å². The smallest absolute Gasteiger partial charge is 0.289 e. The minimum Gasteiger partial charge on any atom is -0.497 e. The molecule has 1 aromatic carbocycles. The van der Waals surface area contributed by atoms with Gasteiger partial charge in [0.15, 0.2) is 5.76 Å². The van der Waals surface area contributed by atoms with E-state index in [1.165, 1.54) is 19.4 Å². The van der Waals surface area contributed by atoms with E-state index in [9.17, 15) is 4.79 Å². The highest BCUT2D eigenvalue weighted by Gasteiger charge is 2.43. The molecule has 0 bridgehead atoms. The third-order valence-electron chi connectivity index (χ3n) is 5.92. The van der Waals surface area contributed by atoms with Crippen LogP contribution in [0.1, 0.15) is 35.4 Å².